The van der Waals surface area contributed by atoms with E-state index in [9.17, 15) is 9.90 Å². The molecule has 0 heterocycles. The molecule has 21 heavy (non-hydrogen) atoms. The number of carbonyl (C=O) groups is 1. The maximum Gasteiger partial charge on any atom is 0.308 e. The molecule has 116 valence electrons. The predicted octanol–water partition coefficient (Wildman–Crippen LogP) is 3.19. The molecule has 1 aromatic carbocycles. The fraction of sp³-hybridized carbons (Fsp3) is 0.562. The van der Waals surface area contributed by atoms with Gasteiger partial charge in [0, 0.05) is 15.8 Å². The van der Waals surface area contributed by atoms with Gasteiger partial charge in [0.1, 0.15) is 0 Å². The summed E-state index contributed by atoms with van der Waals surface area (Å²) in [6.45, 7) is 2.76. The monoisotopic (exact) mass is 403 g/mol. The van der Waals surface area contributed by atoms with Crippen molar-refractivity contribution in [3.05, 3.63) is 27.8 Å². The Morgan fingerprint density at radius 2 is 2.10 bits per heavy atom. The smallest absolute Gasteiger partial charge is 0.308 e. The first-order valence-electron chi connectivity index (χ1n) is 7.41. The van der Waals surface area contributed by atoms with Crippen LogP contribution in [0.1, 0.15) is 32.6 Å². The van der Waals surface area contributed by atoms with Crippen LogP contribution in [0.25, 0.3) is 0 Å². The van der Waals surface area contributed by atoms with Gasteiger partial charge in [0.25, 0.3) is 0 Å². The number of para-hydroxylation sites is 1. The Labute approximate surface area is 139 Å². The lowest BCUT2D eigenvalue weighted by atomic mass is 9.78. The van der Waals surface area contributed by atoms with E-state index in [0.29, 0.717) is 38.8 Å². The van der Waals surface area contributed by atoms with Crippen LogP contribution < -0.4 is 5.32 Å². The number of anilines is 1. The predicted molar refractivity (Wildman–Crippen MR) is 91.2 cm³/mol. The Bertz CT molecular complexity index is 484. The topological polar surface area (TPSA) is 58.6 Å². The molecule has 0 radical (unpaired) electrons. The molecule has 0 saturated heterocycles. The molecule has 1 fully saturated rings. The quantitative estimate of drug-likeness (QED) is 0.586. The van der Waals surface area contributed by atoms with Gasteiger partial charge < -0.3 is 15.2 Å². The van der Waals surface area contributed by atoms with Crippen LogP contribution in [0.3, 0.4) is 0 Å². The van der Waals surface area contributed by atoms with Crippen LogP contribution in [0.5, 0.6) is 0 Å². The lowest BCUT2D eigenvalue weighted by molar-refractivity contribution is -0.150. The van der Waals surface area contributed by atoms with Crippen LogP contribution in [-0.4, -0.2) is 29.8 Å². The van der Waals surface area contributed by atoms with E-state index in [4.69, 9.17) is 4.74 Å². The van der Waals surface area contributed by atoms with Crippen molar-refractivity contribution in [1.29, 1.82) is 0 Å². The van der Waals surface area contributed by atoms with E-state index in [0.717, 1.165) is 9.26 Å². The second kappa shape index (κ2) is 7.45. The fourth-order valence-corrected chi connectivity index (χ4v) is 3.27. The summed E-state index contributed by atoms with van der Waals surface area (Å²) in [5.74, 6) is -0.174. The van der Waals surface area contributed by atoms with Gasteiger partial charge in [-0.1, -0.05) is 12.1 Å². The normalized spacial score (nSPS) is 25.4. The first-order chi connectivity index (χ1) is 10.0. The van der Waals surface area contributed by atoms with Gasteiger partial charge in [0.05, 0.1) is 18.1 Å². The first kappa shape index (κ1) is 16.5. The van der Waals surface area contributed by atoms with Gasteiger partial charge in [0.2, 0.25) is 0 Å². The maximum atomic E-state index is 11.7. The highest BCUT2D eigenvalue weighted by Gasteiger charge is 2.36. The van der Waals surface area contributed by atoms with Gasteiger partial charge in [-0.05, 0) is 67.3 Å². The third-order valence-corrected chi connectivity index (χ3v) is 4.96. The number of ether oxygens (including phenoxy) is 1. The molecule has 4 nitrogen and oxygen atoms in total. The highest BCUT2D eigenvalue weighted by Crippen LogP contribution is 2.33. The standard InChI is InChI=1S/C16H22INO3/c1-2-21-15(19)12-7-9-16(20,10-8-12)11-18-14-6-4-3-5-13(14)17/h3-6,12,18,20H,2,7-11H2,1H3. The number of rotatable bonds is 5. The van der Waals surface area contributed by atoms with Gasteiger partial charge in [-0.2, -0.15) is 0 Å². The molecule has 1 aliphatic carbocycles. The zero-order chi connectivity index (χ0) is 15.3. The average molecular weight is 403 g/mol. The summed E-state index contributed by atoms with van der Waals surface area (Å²) in [6.07, 6.45) is 2.66. The minimum Gasteiger partial charge on any atom is -0.466 e. The number of benzene rings is 1. The van der Waals surface area contributed by atoms with Crippen LogP contribution in [-0.2, 0) is 9.53 Å². The minimum absolute atomic E-state index is 0.0536. The summed E-state index contributed by atoms with van der Waals surface area (Å²) in [5.41, 5.74) is 0.307. The molecular formula is C16H22INO3. The average Bonchev–Trinajstić information content (AvgIpc) is 2.47. The van der Waals surface area contributed by atoms with Gasteiger partial charge in [-0.25, -0.2) is 0 Å². The van der Waals surface area contributed by atoms with Gasteiger partial charge in [0.15, 0.2) is 0 Å². The molecule has 0 spiro atoms. The van der Waals surface area contributed by atoms with E-state index < -0.39 is 5.60 Å². The summed E-state index contributed by atoms with van der Waals surface area (Å²) in [5, 5.41) is 14.0. The van der Waals surface area contributed by atoms with Crippen molar-refractivity contribution in [2.45, 2.75) is 38.2 Å². The van der Waals surface area contributed by atoms with Crippen LogP contribution >= 0.6 is 22.6 Å². The van der Waals surface area contributed by atoms with E-state index >= 15 is 0 Å². The highest BCUT2D eigenvalue weighted by molar-refractivity contribution is 14.1. The number of halogens is 1. The van der Waals surface area contributed by atoms with E-state index in [1.54, 1.807) is 0 Å². The Morgan fingerprint density at radius 1 is 1.43 bits per heavy atom. The molecule has 0 unspecified atom stereocenters. The van der Waals surface area contributed by atoms with Crippen LogP contribution in [0, 0.1) is 9.49 Å². The Morgan fingerprint density at radius 3 is 2.71 bits per heavy atom. The summed E-state index contributed by atoms with van der Waals surface area (Å²) >= 11 is 2.28. The third kappa shape index (κ3) is 4.57. The summed E-state index contributed by atoms with van der Waals surface area (Å²) in [6, 6.07) is 8.01. The van der Waals surface area contributed by atoms with Crippen molar-refractivity contribution < 1.29 is 14.6 Å². The molecule has 0 amide bonds. The number of hydrogen-bond acceptors (Lipinski definition) is 4. The van der Waals surface area contributed by atoms with Crippen LogP contribution in [0.2, 0.25) is 0 Å². The molecular weight excluding hydrogens is 381 g/mol. The number of nitrogens with one attached hydrogen (secondary N) is 1. The summed E-state index contributed by atoms with van der Waals surface area (Å²) in [7, 11) is 0. The lowest BCUT2D eigenvalue weighted by Gasteiger charge is -2.35. The van der Waals surface area contributed by atoms with Crippen molar-refractivity contribution in [1.82, 2.24) is 0 Å². The van der Waals surface area contributed by atoms with Crippen molar-refractivity contribution in [2.75, 3.05) is 18.5 Å². The van der Waals surface area contributed by atoms with Crippen molar-refractivity contribution in [3.63, 3.8) is 0 Å². The van der Waals surface area contributed by atoms with E-state index in [-0.39, 0.29) is 11.9 Å². The highest BCUT2D eigenvalue weighted by atomic mass is 127. The Hall–Kier alpha value is -0.820. The molecule has 0 atom stereocenters. The molecule has 2 N–H and O–H groups in total. The van der Waals surface area contributed by atoms with Crippen LogP contribution in [0.4, 0.5) is 5.69 Å². The lowest BCUT2D eigenvalue weighted by Crippen LogP contribution is -2.42. The number of esters is 1. The fourth-order valence-electron chi connectivity index (χ4n) is 2.69. The Balaban J connectivity index is 1.85. The number of hydrogen-bond donors (Lipinski definition) is 2. The molecule has 1 aromatic rings. The second-order valence-electron chi connectivity index (χ2n) is 5.58. The molecule has 0 aromatic heterocycles. The second-order valence-corrected chi connectivity index (χ2v) is 6.75. The first-order valence-corrected chi connectivity index (χ1v) is 8.49. The SMILES string of the molecule is CCOC(=O)C1CCC(O)(CNc2ccccc2I)CC1. The largest absolute Gasteiger partial charge is 0.466 e. The number of aliphatic hydroxyl groups is 1. The van der Waals surface area contributed by atoms with Crippen molar-refractivity contribution in [2.24, 2.45) is 5.92 Å². The molecule has 5 heteroatoms. The van der Waals surface area contributed by atoms with Crippen molar-refractivity contribution in [3.8, 4) is 0 Å². The minimum atomic E-state index is -0.734. The van der Waals surface area contributed by atoms with Gasteiger partial charge >= 0.3 is 5.97 Å². The van der Waals surface area contributed by atoms with Crippen LogP contribution in [0.15, 0.2) is 24.3 Å². The van der Waals surface area contributed by atoms with Crippen molar-refractivity contribution >= 4 is 34.2 Å². The number of carbonyl (C=O) groups excluding carboxylic acids is 1. The zero-order valence-electron chi connectivity index (χ0n) is 12.3. The summed E-state index contributed by atoms with van der Waals surface area (Å²) in [4.78, 5) is 11.7. The molecule has 0 aliphatic heterocycles. The molecule has 0 bridgehead atoms. The van der Waals surface area contributed by atoms with Gasteiger partial charge in [-0.15, -0.1) is 0 Å². The van der Waals surface area contributed by atoms with Gasteiger partial charge in [-0.3, -0.25) is 4.79 Å². The zero-order valence-corrected chi connectivity index (χ0v) is 14.4. The molecule has 2 rings (SSSR count). The van der Waals surface area contributed by atoms with E-state index in [2.05, 4.69) is 27.9 Å². The molecule has 1 aliphatic rings. The maximum absolute atomic E-state index is 11.7. The Kier molecular flexibility index (Phi) is 5.87. The van der Waals surface area contributed by atoms with E-state index in [1.165, 1.54) is 0 Å². The third-order valence-electron chi connectivity index (χ3n) is 4.02. The molecule has 1 saturated carbocycles. The summed E-state index contributed by atoms with van der Waals surface area (Å²) < 4.78 is 6.20. The van der Waals surface area contributed by atoms with E-state index in [1.807, 2.05) is 31.2 Å².